The number of fused-ring (bicyclic) bond motifs is 2. The van der Waals surface area contributed by atoms with E-state index < -0.39 is 5.60 Å². The molecule has 0 radical (unpaired) electrons. The van der Waals surface area contributed by atoms with Crippen molar-refractivity contribution >= 4 is 17.6 Å². The van der Waals surface area contributed by atoms with Gasteiger partial charge in [-0.2, -0.15) is 0 Å². The highest BCUT2D eigenvalue weighted by atomic mass is 16.6. The average Bonchev–Trinajstić information content (AvgIpc) is 3.14. The predicted octanol–water partition coefficient (Wildman–Crippen LogP) is 4.02. The Labute approximate surface area is 161 Å². The number of piperidine rings is 1. The topological polar surface area (TPSA) is 58.6 Å². The third-order valence-corrected chi connectivity index (χ3v) is 5.64. The summed E-state index contributed by atoms with van der Waals surface area (Å²) in [6.45, 7) is 7.87. The van der Waals surface area contributed by atoms with Gasteiger partial charge < -0.3 is 9.64 Å². The summed E-state index contributed by atoms with van der Waals surface area (Å²) in [6.07, 6.45) is 12.4. The molecule has 2 bridgehead atoms. The van der Waals surface area contributed by atoms with Crippen LogP contribution in [-0.4, -0.2) is 51.7 Å². The molecular weight excluding hydrogens is 340 g/mol. The molecule has 2 atom stereocenters. The number of hydrogen-bond donors (Lipinski definition) is 0. The molecule has 0 spiro atoms. The minimum atomic E-state index is -0.464. The maximum atomic E-state index is 12.7. The SMILES string of the molecule is CC(C)(C)OC(=O)N1C2C=C(c3cnc(N4CCCC4)nc3)CC1CCC2. The third-order valence-electron chi connectivity index (χ3n) is 5.64. The van der Waals surface area contributed by atoms with Crippen LogP contribution in [0.25, 0.3) is 5.57 Å². The molecule has 0 aliphatic carbocycles. The Kier molecular flexibility index (Phi) is 4.82. The molecule has 2 saturated heterocycles. The second kappa shape index (κ2) is 7.13. The molecule has 1 aromatic heterocycles. The lowest BCUT2D eigenvalue weighted by Crippen LogP contribution is -2.53. The van der Waals surface area contributed by atoms with E-state index in [1.54, 1.807) is 0 Å². The van der Waals surface area contributed by atoms with Crippen LogP contribution in [0.1, 0.15) is 64.9 Å². The van der Waals surface area contributed by atoms with Gasteiger partial charge in [-0.05, 0) is 64.9 Å². The number of amides is 1. The van der Waals surface area contributed by atoms with Gasteiger partial charge in [0.1, 0.15) is 5.60 Å². The molecule has 3 aliphatic rings. The minimum absolute atomic E-state index is 0.112. The van der Waals surface area contributed by atoms with Gasteiger partial charge in [-0.1, -0.05) is 6.08 Å². The van der Waals surface area contributed by atoms with Crippen LogP contribution in [0.5, 0.6) is 0 Å². The highest BCUT2D eigenvalue weighted by Crippen LogP contribution is 2.37. The van der Waals surface area contributed by atoms with Gasteiger partial charge in [0.05, 0.1) is 6.04 Å². The van der Waals surface area contributed by atoms with Crippen molar-refractivity contribution in [2.24, 2.45) is 0 Å². The smallest absolute Gasteiger partial charge is 0.411 e. The maximum Gasteiger partial charge on any atom is 0.411 e. The Bertz CT molecular complexity index is 717. The van der Waals surface area contributed by atoms with Crippen molar-refractivity contribution in [1.82, 2.24) is 14.9 Å². The Hall–Kier alpha value is -2.11. The molecule has 6 nitrogen and oxygen atoms in total. The number of anilines is 1. The van der Waals surface area contributed by atoms with Crippen LogP contribution in [0.4, 0.5) is 10.7 Å². The number of carbonyl (C=O) groups is 1. The van der Waals surface area contributed by atoms with E-state index in [1.807, 2.05) is 38.1 Å². The predicted molar refractivity (Wildman–Crippen MR) is 106 cm³/mol. The van der Waals surface area contributed by atoms with Crippen LogP contribution in [-0.2, 0) is 4.74 Å². The van der Waals surface area contributed by atoms with Crippen molar-refractivity contribution in [2.75, 3.05) is 18.0 Å². The fourth-order valence-electron chi connectivity index (χ4n) is 4.41. The molecule has 0 saturated carbocycles. The van der Waals surface area contributed by atoms with E-state index in [9.17, 15) is 4.79 Å². The van der Waals surface area contributed by atoms with Crippen LogP contribution in [0, 0.1) is 0 Å². The van der Waals surface area contributed by atoms with Crippen molar-refractivity contribution in [2.45, 2.75) is 77.0 Å². The monoisotopic (exact) mass is 370 g/mol. The zero-order chi connectivity index (χ0) is 19.0. The first-order chi connectivity index (χ1) is 12.9. The van der Waals surface area contributed by atoms with E-state index in [0.29, 0.717) is 0 Å². The Balaban J connectivity index is 1.52. The quantitative estimate of drug-likeness (QED) is 0.787. The molecule has 0 N–H and O–H groups in total. The molecule has 2 unspecified atom stereocenters. The third kappa shape index (κ3) is 3.94. The molecule has 6 heteroatoms. The molecule has 27 heavy (non-hydrogen) atoms. The van der Waals surface area contributed by atoms with E-state index in [-0.39, 0.29) is 18.2 Å². The number of aromatic nitrogens is 2. The standard InChI is InChI=1S/C21H30N4O2/c1-21(2,3)27-20(26)25-17-7-6-8-18(25)12-15(11-17)16-13-22-19(23-14-16)24-9-4-5-10-24/h11,13-14,17-18H,4-10,12H2,1-3H3. The van der Waals surface area contributed by atoms with E-state index >= 15 is 0 Å². The van der Waals surface area contributed by atoms with Gasteiger partial charge in [-0.15, -0.1) is 0 Å². The lowest BCUT2D eigenvalue weighted by molar-refractivity contribution is 0.0000844. The van der Waals surface area contributed by atoms with Crippen molar-refractivity contribution in [3.8, 4) is 0 Å². The van der Waals surface area contributed by atoms with Crippen molar-refractivity contribution in [1.29, 1.82) is 0 Å². The molecule has 1 aromatic rings. The molecule has 2 fully saturated rings. The zero-order valence-corrected chi connectivity index (χ0v) is 16.6. The molecule has 4 heterocycles. The second-order valence-corrected chi connectivity index (χ2v) is 8.90. The molecule has 1 amide bonds. The van der Waals surface area contributed by atoms with Crippen LogP contribution in [0.15, 0.2) is 18.5 Å². The largest absolute Gasteiger partial charge is 0.444 e. The molecule has 3 aliphatic heterocycles. The van der Waals surface area contributed by atoms with E-state index in [1.165, 1.54) is 18.4 Å². The summed E-state index contributed by atoms with van der Waals surface area (Å²) < 4.78 is 5.65. The second-order valence-electron chi connectivity index (χ2n) is 8.90. The summed E-state index contributed by atoms with van der Waals surface area (Å²) in [5.74, 6) is 0.836. The van der Waals surface area contributed by atoms with Crippen LogP contribution in [0.3, 0.4) is 0 Å². The van der Waals surface area contributed by atoms with Crippen LogP contribution in [0.2, 0.25) is 0 Å². The first-order valence-corrected chi connectivity index (χ1v) is 10.2. The van der Waals surface area contributed by atoms with Crippen molar-refractivity contribution in [3.05, 3.63) is 24.0 Å². The molecule has 0 aromatic carbocycles. The highest BCUT2D eigenvalue weighted by Gasteiger charge is 2.39. The van der Waals surface area contributed by atoms with Gasteiger partial charge in [0.15, 0.2) is 0 Å². The molecular formula is C21H30N4O2. The zero-order valence-electron chi connectivity index (χ0n) is 16.6. The van der Waals surface area contributed by atoms with Gasteiger partial charge >= 0.3 is 6.09 Å². The number of carbonyl (C=O) groups excluding carboxylic acids is 1. The number of ether oxygens (including phenoxy) is 1. The van der Waals surface area contributed by atoms with Gasteiger partial charge in [0, 0.05) is 37.1 Å². The summed E-state index contributed by atoms with van der Waals surface area (Å²) in [5.41, 5.74) is 1.88. The van der Waals surface area contributed by atoms with Crippen LogP contribution < -0.4 is 4.90 Å². The first kappa shape index (κ1) is 18.3. The summed E-state index contributed by atoms with van der Waals surface area (Å²) in [5, 5.41) is 0. The van der Waals surface area contributed by atoms with Crippen molar-refractivity contribution < 1.29 is 9.53 Å². The summed E-state index contributed by atoms with van der Waals surface area (Å²) in [4.78, 5) is 26.1. The average molecular weight is 370 g/mol. The molecule has 4 rings (SSSR count). The Morgan fingerprint density at radius 1 is 1.11 bits per heavy atom. The minimum Gasteiger partial charge on any atom is -0.444 e. The van der Waals surface area contributed by atoms with E-state index in [0.717, 1.165) is 50.3 Å². The van der Waals surface area contributed by atoms with Crippen molar-refractivity contribution in [3.63, 3.8) is 0 Å². The van der Waals surface area contributed by atoms with E-state index in [4.69, 9.17) is 4.74 Å². The maximum absolute atomic E-state index is 12.7. The van der Waals surface area contributed by atoms with E-state index in [2.05, 4.69) is 20.9 Å². The fraction of sp³-hybridized carbons (Fsp3) is 0.667. The number of hydrogen-bond acceptors (Lipinski definition) is 5. The van der Waals surface area contributed by atoms with Gasteiger partial charge in [-0.3, -0.25) is 4.90 Å². The fourth-order valence-corrected chi connectivity index (χ4v) is 4.41. The molecule has 146 valence electrons. The van der Waals surface area contributed by atoms with Gasteiger partial charge in [-0.25, -0.2) is 14.8 Å². The van der Waals surface area contributed by atoms with Gasteiger partial charge in [0.25, 0.3) is 0 Å². The lowest BCUT2D eigenvalue weighted by atomic mass is 9.83. The van der Waals surface area contributed by atoms with Crippen LogP contribution >= 0.6 is 0 Å². The first-order valence-electron chi connectivity index (χ1n) is 10.2. The number of nitrogens with zero attached hydrogens (tertiary/aromatic N) is 4. The highest BCUT2D eigenvalue weighted by molar-refractivity contribution is 5.74. The lowest BCUT2D eigenvalue weighted by Gasteiger charge is -2.45. The summed E-state index contributed by atoms with van der Waals surface area (Å²) in [7, 11) is 0. The van der Waals surface area contributed by atoms with Gasteiger partial charge in [0.2, 0.25) is 5.95 Å². The summed E-state index contributed by atoms with van der Waals surface area (Å²) >= 11 is 0. The normalized spacial score (nSPS) is 25.4. The summed E-state index contributed by atoms with van der Waals surface area (Å²) in [6, 6.07) is 0.317. The number of rotatable bonds is 2. The Morgan fingerprint density at radius 3 is 2.44 bits per heavy atom. The Morgan fingerprint density at radius 2 is 1.81 bits per heavy atom.